The monoisotopic (exact) mass is 418 g/mol. The highest BCUT2D eigenvalue weighted by Crippen LogP contribution is 2.31. The number of hydrogen-bond acceptors (Lipinski definition) is 5. The van der Waals surface area contributed by atoms with Gasteiger partial charge in [-0.15, -0.1) is 0 Å². The fourth-order valence-corrected chi connectivity index (χ4v) is 3.49. The van der Waals surface area contributed by atoms with Gasteiger partial charge in [0.15, 0.2) is 5.11 Å². The van der Waals surface area contributed by atoms with Crippen LogP contribution >= 0.6 is 23.8 Å². The third-order valence-electron chi connectivity index (χ3n) is 4.27. The van der Waals surface area contributed by atoms with Gasteiger partial charge in [-0.2, -0.15) is 0 Å². The number of carbonyl (C=O) groups is 2. The van der Waals surface area contributed by atoms with Gasteiger partial charge in [-0.05, 0) is 55.0 Å². The summed E-state index contributed by atoms with van der Waals surface area (Å²) in [5.41, 5.74) is 2.01. The summed E-state index contributed by atoms with van der Waals surface area (Å²) in [5.74, 6) is 0.0411. The topological polar surface area (TPSA) is 59.1 Å². The van der Waals surface area contributed by atoms with Crippen LogP contribution in [0.25, 0.3) is 0 Å². The van der Waals surface area contributed by atoms with E-state index in [4.69, 9.17) is 33.3 Å². The van der Waals surface area contributed by atoms with Gasteiger partial charge in [0.05, 0.1) is 30.0 Å². The van der Waals surface area contributed by atoms with Crippen LogP contribution in [0.3, 0.4) is 0 Å². The maximum Gasteiger partial charge on any atom is 0.338 e. The molecule has 0 atom stereocenters. The molecule has 1 saturated heterocycles. The first-order valence-corrected chi connectivity index (χ1v) is 9.44. The van der Waals surface area contributed by atoms with Crippen molar-refractivity contribution in [1.82, 2.24) is 4.90 Å². The zero-order valence-corrected chi connectivity index (χ0v) is 17.0. The Morgan fingerprint density at radius 1 is 1.21 bits per heavy atom. The number of anilines is 1. The number of nitrogens with zero attached hydrogens (tertiary/aromatic N) is 2. The first-order valence-electron chi connectivity index (χ1n) is 8.66. The molecule has 0 bridgehead atoms. The molecule has 1 fully saturated rings. The smallest absolute Gasteiger partial charge is 0.338 e. The van der Waals surface area contributed by atoms with Gasteiger partial charge in [0.2, 0.25) is 0 Å². The summed E-state index contributed by atoms with van der Waals surface area (Å²) in [6, 6.07) is 12.2. The van der Waals surface area contributed by atoms with E-state index in [2.05, 4.69) is 0 Å². The van der Waals surface area contributed by atoms with Gasteiger partial charge in [-0.3, -0.25) is 9.69 Å². The Morgan fingerprint density at radius 2 is 1.93 bits per heavy atom. The molecule has 1 aliphatic rings. The summed E-state index contributed by atoms with van der Waals surface area (Å²) in [5, 5.41) is 0.810. The molecule has 3 rings (SSSR count). The zero-order valence-electron chi connectivity index (χ0n) is 15.5. The highest BCUT2D eigenvalue weighted by molar-refractivity contribution is 7.80. The third kappa shape index (κ3) is 4.10. The van der Waals surface area contributed by atoms with E-state index in [0.717, 1.165) is 5.56 Å². The summed E-state index contributed by atoms with van der Waals surface area (Å²) in [4.78, 5) is 27.5. The van der Waals surface area contributed by atoms with E-state index in [1.807, 2.05) is 12.1 Å². The summed E-state index contributed by atoms with van der Waals surface area (Å²) < 4.78 is 10.1. The van der Waals surface area contributed by atoms with E-state index < -0.39 is 0 Å². The number of esters is 1. The summed E-state index contributed by atoms with van der Waals surface area (Å²) in [6.45, 7) is 2.71. The lowest BCUT2D eigenvalue weighted by molar-refractivity contribution is -0.116. The van der Waals surface area contributed by atoms with Crippen molar-refractivity contribution >= 4 is 46.5 Å². The molecule has 0 unspecified atom stereocenters. The Kier molecular flexibility index (Phi) is 6.16. The molecule has 1 heterocycles. The Balaban J connectivity index is 1.73. The third-order valence-corrected chi connectivity index (χ3v) is 5.01. The van der Waals surface area contributed by atoms with Gasteiger partial charge in [0.1, 0.15) is 12.3 Å². The highest BCUT2D eigenvalue weighted by atomic mass is 35.5. The lowest BCUT2D eigenvalue weighted by atomic mass is 10.1. The fourth-order valence-electron chi connectivity index (χ4n) is 2.90. The highest BCUT2D eigenvalue weighted by Gasteiger charge is 2.34. The van der Waals surface area contributed by atoms with E-state index in [9.17, 15) is 9.59 Å². The molecular weight excluding hydrogens is 400 g/mol. The standard InChI is InChI=1S/C20H19ClN2O4S/c1-3-27-19(25)14-6-4-13(5-7-14)11-22-12-18(24)23(20(22)28)15-8-9-17(26-2)16(21)10-15/h4-10H,3,11-12H2,1-2H3. The molecule has 146 valence electrons. The minimum absolute atomic E-state index is 0.130. The van der Waals surface area contributed by atoms with Crippen LogP contribution < -0.4 is 9.64 Å². The van der Waals surface area contributed by atoms with Crippen molar-refractivity contribution in [3.8, 4) is 5.75 Å². The molecule has 1 aliphatic heterocycles. The van der Waals surface area contributed by atoms with Crippen LogP contribution in [0.2, 0.25) is 5.02 Å². The number of amides is 1. The number of halogens is 1. The van der Waals surface area contributed by atoms with Crippen molar-refractivity contribution < 1.29 is 19.1 Å². The second-order valence-corrected chi connectivity index (χ2v) is 6.88. The largest absolute Gasteiger partial charge is 0.495 e. The minimum atomic E-state index is -0.358. The molecule has 0 spiro atoms. The van der Waals surface area contributed by atoms with Crippen molar-refractivity contribution in [3.63, 3.8) is 0 Å². The Morgan fingerprint density at radius 3 is 2.54 bits per heavy atom. The molecule has 0 radical (unpaired) electrons. The quantitative estimate of drug-likeness (QED) is 0.527. The molecule has 0 aliphatic carbocycles. The maximum atomic E-state index is 12.5. The number of rotatable bonds is 6. The first-order chi connectivity index (χ1) is 13.4. The molecule has 6 nitrogen and oxygen atoms in total. The van der Waals surface area contributed by atoms with Crippen LogP contribution in [-0.4, -0.2) is 42.2 Å². The van der Waals surface area contributed by atoms with Gasteiger partial charge in [0, 0.05) is 6.54 Å². The predicted octanol–water partition coefficient (Wildman–Crippen LogP) is 3.66. The number of hydrogen-bond donors (Lipinski definition) is 0. The van der Waals surface area contributed by atoms with Crippen molar-refractivity contribution in [1.29, 1.82) is 0 Å². The van der Waals surface area contributed by atoms with Gasteiger partial charge in [0.25, 0.3) is 5.91 Å². The number of thiocarbonyl (C=S) groups is 1. The van der Waals surface area contributed by atoms with Crippen LogP contribution in [-0.2, 0) is 16.1 Å². The zero-order chi connectivity index (χ0) is 20.3. The van der Waals surface area contributed by atoms with Crippen LogP contribution in [0.5, 0.6) is 5.75 Å². The lowest BCUT2D eigenvalue weighted by Crippen LogP contribution is -2.32. The second kappa shape index (κ2) is 8.58. The number of benzene rings is 2. The summed E-state index contributed by atoms with van der Waals surface area (Å²) in [7, 11) is 1.53. The maximum absolute atomic E-state index is 12.5. The van der Waals surface area contributed by atoms with Crippen LogP contribution in [0.1, 0.15) is 22.8 Å². The molecule has 0 saturated carbocycles. The molecule has 8 heteroatoms. The van der Waals surface area contributed by atoms with Gasteiger partial charge < -0.3 is 14.4 Å². The molecule has 1 amide bonds. The van der Waals surface area contributed by atoms with E-state index in [1.165, 1.54) is 12.0 Å². The molecule has 0 N–H and O–H groups in total. The molecule has 28 heavy (non-hydrogen) atoms. The van der Waals surface area contributed by atoms with Crippen molar-refractivity contribution in [2.24, 2.45) is 0 Å². The number of methoxy groups -OCH3 is 1. The van der Waals surface area contributed by atoms with E-state index in [0.29, 0.717) is 40.3 Å². The normalized spacial score (nSPS) is 13.8. The molecule has 2 aromatic rings. The van der Waals surface area contributed by atoms with E-state index in [1.54, 1.807) is 42.2 Å². The van der Waals surface area contributed by atoms with E-state index >= 15 is 0 Å². The molecular formula is C20H19ClN2O4S. The lowest BCUT2D eigenvalue weighted by Gasteiger charge is -2.21. The Hall–Kier alpha value is -2.64. The average Bonchev–Trinajstić information content (AvgIpc) is 2.95. The first kappa shape index (κ1) is 20.1. The Labute approximate surface area is 173 Å². The summed E-state index contributed by atoms with van der Waals surface area (Å²) >= 11 is 11.7. The number of ether oxygens (including phenoxy) is 2. The minimum Gasteiger partial charge on any atom is -0.495 e. The number of carbonyl (C=O) groups excluding carboxylic acids is 2. The van der Waals surface area contributed by atoms with Crippen LogP contribution in [0.4, 0.5) is 5.69 Å². The molecule has 2 aromatic carbocycles. The van der Waals surface area contributed by atoms with Crippen molar-refractivity contribution in [2.45, 2.75) is 13.5 Å². The van der Waals surface area contributed by atoms with Crippen molar-refractivity contribution in [3.05, 3.63) is 58.6 Å². The van der Waals surface area contributed by atoms with Crippen LogP contribution in [0.15, 0.2) is 42.5 Å². The summed E-state index contributed by atoms with van der Waals surface area (Å²) in [6.07, 6.45) is 0. The van der Waals surface area contributed by atoms with Gasteiger partial charge >= 0.3 is 5.97 Å². The average molecular weight is 419 g/mol. The SMILES string of the molecule is CCOC(=O)c1ccc(CN2CC(=O)N(c3ccc(OC)c(Cl)c3)C2=S)cc1. The van der Waals surface area contributed by atoms with Crippen molar-refractivity contribution in [2.75, 3.05) is 25.2 Å². The molecule has 0 aromatic heterocycles. The second-order valence-electron chi connectivity index (χ2n) is 6.10. The fraction of sp³-hybridized carbons (Fsp3) is 0.250. The Bertz CT molecular complexity index is 917. The van der Waals surface area contributed by atoms with Crippen LogP contribution in [0, 0.1) is 0 Å². The van der Waals surface area contributed by atoms with Gasteiger partial charge in [-0.25, -0.2) is 4.79 Å². The predicted molar refractivity (Wildman–Crippen MR) is 111 cm³/mol. The van der Waals surface area contributed by atoms with Gasteiger partial charge in [-0.1, -0.05) is 23.7 Å². The van der Waals surface area contributed by atoms with E-state index in [-0.39, 0.29) is 18.4 Å².